The first kappa shape index (κ1) is 14.8. The minimum Gasteiger partial charge on any atom is -0.369 e. The van der Waals surface area contributed by atoms with Crippen molar-refractivity contribution in [3.8, 4) is 0 Å². The second-order valence-electron chi connectivity index (χ2n) is 5.18. The van der Waals surface area contributed by atoms with Crippen LogP contribution >= 0.6 is 11.6 Å². The van der Waals surface area contributed by atoms with Gasteiger partial charge in [0.25, 0.3) is 0 Å². The molecule has 0 aliphatic rings. The molecule has 1 aromatic carbocycles. The van der Waals surface area contributed by atoms with Crippen molar-refractivity contribution >= 4 is 17.3 Å². The fourth-order valence-electron chi connectivity index (χ4n) is 2.21. The van der Waals surface area contributed by atoms with Crippen LogP contribution in [-0.4, -0.2) is 18.1 Å². The van der Waals surface area contributed by atoms with E-state index in [9.17, 15) is 0 Å². The third kappa shape index (κ3) is 3.95. The third-order valence-electron chi connectivity index (χ3n) is 3.15. The predicted molar refractivity (Wildman–Crippen MR) is 85.1 cm³/mol. The molecule has 0 saturated heterocycles. The summed E-state index contributed by atoms with van der Waals surface area (Å²) in [5.74, 6) is 0. The van der Waals surface area contributed by atoms with Crippen LogP contribution < -0.4 is 10.6 Å². The summed E-state index contributed by atoms with van der Waals surface area (Å²) in [6.07, 6.45) is 4.45. The molecule has 1 heterocycles. The average Bonchev–Trinajstić information content (AvgIpc) is 2.39. The van der Waals surface area contributed by atoms with Crippen molar-refractivity contribution in [2.45, 2.75) is 25.9 Å². The molecule has 0 amide bonds. The summed E-state index contributed by atoms with van der Waals surface area (Å²) in [6, 6.07) is 10.3. The Morgan fingerprint density at radius 3 is 2.50 bits per heavy atom. The van der Waals surface area contributed by atoms with Gasteiger partial charge in [0.1, 0.15) is 0 Å². The Bertz CT molecular complexity index is 555. The first-order valence-corrected chi connectivity index (χ1v) is 7.08. The maximum Gasteiger partial charge on any atom is 0.0642 e. The van der Waals surface area contributed by atoms with Crippen molar-refractivity contribution in [3.63, 3.8) is 0 Å². The zero-order chi connectivity index (χ0) is 14.5. The van der Waals surface area contributed by atoms with E-state index < -0.39 is 0 Å². The van der Waals surface area contributed by atoms with Crippen molar-refractivity contribution < 1.29 is 0 Å². The normalized spacial score (nSPS) is 12.2. The van der Waals surface area contributed by atoms with E-state index in [0.29, 0.717) is 0 Å². The fourth-order valence-corrected chi connectivity index (χ4v) is 2.55. The lowest BCUT2D eigenvalue weighted by atomic mass is 10.1. The number of nitrogens with zero attached hydrogens (tertiary/aromatic N) is 2. The highest BCUT2D eigenvalue weighted by Crippen LogP contribution is 2.27. The molecular weight excluding hydrogens is 270 g/mol. The van der Waals surface area contributed by atoms with Gasteiger partial charge in [-0.05, 0) is 48.7 Å². The van der Waals surface area contributed by atoms with E-state index in [1.54, 1.807) is 12.4 Å². The van der Waals surface area contributed by atoms with Crippen LogP contribution in [0.1, 0.15) is 18.1 Å². The van der Waals surface area contributed by atoms with Gasteiger partial charge in [-0.25, -0.2) is 0 Å². The maximum absolute atomic E-state index is 6.38. The van der Waals surface area contributed by atoms with Gasteiger partial charge in [0.05, 0.1) is 10.7 Å². The second kappa shape index (κ2) is 6.73. The number of rotatable bonds is 5. The van der Waals surface area contributed by atoms with Gasteiger partial charge in [-0.15, -0.1) is 0 Å². The number of nitrogens with two attached hydrogens (primary N) is 1. The summed E-state index contributed by atoms with van der Waals surface area (Å²) in [5, 5.41) is 0.764. The summed E-state index contributed by atoms with van der Waals surface area (Å²) >= 11 is 6.38. The van der Waals surface area contributed by atoms with Gasteiger partial charge in [-0.1, -0.05) is 17.7 Å². The molecule has 4 heteroatoms. The molecule has 1 aromatic heterocycles. The largest absolute Gasteiger partial charge is 0.369 e. The monoisotopic (exact) mass is 289 g/mol. The van der Waals surface area contributed by atoms with E-state index >= 15 is 0 Å². The van der Waals surface area contributed by atoms with Crippen molar-refractivity contribution in [3.05, 3.63) is 58.9 Å². The standard InChI is InChI=1S/C16H20ClN3/c1-12(18)9-14-3-4-16(15(17)10-14)20(2)11-13-5-7-19-8-6-13/h3-8,10,12H,9,11,18H2,1-2H3. The van der Waals surface area contributed by atoms with Crippen LogP contribution in [0.15, 0.2) is 42.7 Å². The Hall–Kier alpha value is -1.58. The van der Waals surface area contributed by atoms with Crippen LogP contribution in [0.2, 0.25) is 5.02 Å². The summed E-state index contributed by atoms with van der Waals surface area (Å²) in [6.45, 7) is 2.80. The number of benzene rings is 1. The number of hydrogen-bond acceptors (Lipinski definition) is 3. The van der Waals surface area contributed by atoms with Crippen molar-refractivity contribution in [1.82, 2.24) is 4.98 Å². The summed E-state index contributed by atoms with van der Waals surface area (Å²) in [4.78, 5) is 6.16. The Morgan fingerprint density at radius 2 is 1.90 bits per heavy atom. The Labute approximate surface area is 125 Å². The highest BCUT2D eigenvalue weighted by atomic mass is 35.5. The highest BCUT2D eigenvalue weighted by molar-refractivity contribution is 6.33. The molecule has 1 unspecified atom stereocenters. The SMILES string of the molecule is CC(N)Cc1ccc(N(C)Cc2ccncc2)c(Cl)c1. The lowest BCUT2D eigenvalue weighted by Crippen LogP contribution is -2.19. The Balaban J connectivity index is 2.12. The molecule has 0 saturated carbocycles. The Morgan fingerprint density at radius 1 is 1.20 bits per heavy atom. The highest BCUT2D eigenvalue weighted by Gasteiger charge is 2.08. The predicted octanol–water partition coefficient (Wildman–Crippen LogP) is 3.26. The number of anilines is 1. The molecule has 0 radical (unpaired) electrons. The van der Waals surface area contributed by atoms with Crippen LogP contribution in [-0.2, 0) is 13.0 Å². The van der Waals surface area contributed by atoms with E-state index in [0.717, 1.165) is 23.7 Å². The van der Waals surface area contributed by atoms with E-state index in [2.05, 4.69) is 22.0 Å². The van der Waals surface area contributed by atoms with Gasteiger partial charge in [0.2, 0.25) is 0 Å². The molecule has 2 aromatic rings. The molecule has 0 fully saturated rings. The van der Waals surface area contributed by atoms with Crippen LogP contribution in [0.4, 0.5) is 5.69 Å². The summed E-state index contributed by atoms with van der Waals surface area (Å²) < 4.78 is 0. The van der Waals surface area contributed by atoms with Crippen molar-refractivity contribution in [2.75, 3.05) is 11.9 Å². The maximum atomic E-state index is 6.38. The van der Waals surface area contributed by atoms with Gasteiger partial charge in [-0.2, -0.15) is 0 Å². The molecule has 106 valence electrons. The van der Waals surface area contributed by atoms with E-state index in [4.69, 9.17) is 17.3 Å². The van der Waals surface area contributed by atoms with Crippen molar-refractivity contribution in [1.29, 1.82) is 0 Å². The van der Waals surface area contributed by atoms with Gasteiger partial charge >= 0.3 is 0 Å². The second-order valence-corrected chi connectivity index (χ2v) is 5.59. The molecular formula is C16H20ClN3. The van der Waals surface area contributed by atoms with Gasteiger partial charge in [-0.3, -0.25) is 4.98 Å². The number of aromatic nitrogens is 1. The van der Waals surface area contributed by atoms with E-state index in [1.165, 1.54) is 11.1 Å². The molecule has 2 N–H and O–H groups in total. The summed E-state index contributed by atoms with van der Waals surface area (Å²) in [5.41, 5.74) is 9.22. The number of hydrogen-bond donors (Lipinski definition) is 1. The lowest BCUT2D eigenvalue weighted by Gasteiger charge is -2.21. The minimum atomic E-state index is 0.145. The first-order chi connectivity index (χ1) is 9.56. The van der Waals surface area contributed by atoms with Crippen LogP contribution in [0.3, 0.4) is 0 Å². The molecule has 3 nitrogen and oxygen atoms in total. The van der Waals surface area contributed by atoms with Crippen LogP contribution in [0.25, 0.3) is 0 Å². The van der Waals surface area contributed by atoms with Gasteiger partial charge < -0.3 is 10.6 Å². The minimum absolute atomic E-state index is 0.145. The molecule has 20 heavy (non-hydrogen) atoms. The van der Waals surface area contributed by atoms with Crippen molar-refractivity contribution in [2.24, 2.45) is 5.73 Å². The first-order valence-electron chi connectivity index (χ1n) is 6.70. The number of halogens is 1. The van der Waals surface area contributed by atoms with Gasteiger partial charge in [0, 0.05) is 32.0 Å². The lowest BCUT2D eigenvalue weighted by molar-refractivity contribution is 0.738. The summed E-state index contributed by atoms with van der Waals surface area (Å²) in [7, 11) is 2.03. The number of pyridine rings is 1. The molecule has 0 bridgehead atoms. The Kier molecular flexibility index (Phi) is 4.99. The topological polar surface area (TPSA) is 42.1 Å². The molecule has 1 atom stereocenters. The van der Waals surface area contributed by atoms with E-state index in [1.807, 2.05) is 32.2 Å². The van der Waals surface area contributed by atoms with Crippen LogP contribution in [0.5, 0.6) is 0 Å². The molecule has 0 spiro atoms. The molecule has 0 aliphatic heterocycles. The fraction of sp³-hybridized carbons (Fsp3) is 0.312. The third-order valence-corrected chi connectivity index (χ3v) is 3.45. The zero-order valence-corrected chi connectivity index (χ0v) is 12.6. The quantitative estimate of drug-likeness (QED) is 0.919. The van der Waals surface area contributed by atoms with Crippen LogP contribution in [0, 0.1) is 0 Å². The average molecular weight is 290 g/mol. The van der Waals surface area contributed by atoms with Gasteiger partial charge in [0.15, 0.2) is 0 Å². The molecule has 2 rings (SSSR count). The zero-order valence-electron chi connectivity index (χ0n) is 11.9. The smallest absolute Gasteiger partial charge is 0.0642 e. The molecule has 0 aliphatic carbocycles. The van der Waals surface area contributed by atoms with E-state index in [-0.39, 0.29) is 6.04 Å².